The second-order valence-electron chi connectivity index (χ2n) is 1.86. The number of nitrogens with zero attached hydrogens (tertiary/aromatic N) is 3. The van der Waals surface area contributed by atoms with Crippen LogP contribution in [0.15, 0.2) is 5.11 Å². The molecule has 0 aromatic heterocycles. The van der Waals surface area contributed by atoms with Gasteiger partial charge in [0.15, 0.2) is 0 Å². The van der Waals surface area contributed by atoms with Gasteiger partial charge in [-0.25, -0.2) is 0 Å². The van der Waals surface area contributed by atoms with Gasteiger partial charge in [0.1, 0.15) is 0 Å². The van der Waals surface area contributed by atoms with Gasteiger partial charge in [-0.05, 0) is 18.9 Å². The maximum atomic E-state index is 10.6. The summed E-state index contributed by atoms with van der Waals surface area (Å²) < 4.78 is 4.65. The van der Waals surface area contributed by atoms with E-state index in [0.717, 1.165) is 0 Å². The molecule has 0 aliphatic rings. The summed E-state index contributed by atoms with van der Waals surface area (Å²) in [6, 6.07) is 0. The first kappa shape index (κ1) is 13.4. The lowest BCUT2D eigenvalue weighted by Crippen LogP contribution is -2.03. The average molecular weight is 173 g/mol. The number of rotatable bonds is 5. The van der Waals surface area contributed by atoms with Crippen molar-refractivity contribution in [1.82, 2.24) is 0 Å². The molecule has 0 atom stereocenters. The van der Waals surface area contributed by atoms with Gasteiger partial charge < -0.3 is 4.74 Å². The predicted octanol–water partition coefficient (Wildman–Crippen LogP) is 2.28. The number of carbonyl (C=O) groups excluding carboxylic acids is 1. The largest absolute Gasteiger partial charge is 0.466 e. The Morgan fingerprint density at radius 2 is 2.33 bits per heavy atom. The van der Waals surface area contributed by atoms with E-state index in [1.165, 1.54) is 0 Å². The fourth-order valence-corrected chi connectivity index (χ4v) is 0.572. The van der Waals surface area contributed by atoms with E-state index in [2.05, 4.69) is 14.8 Å². The SMILES string of the molecule is C.CCOC(=O)CCCN=[N+]=[N-]. The smallest absolute Gasteiger partial charge is 0.305 e. The Kier molecular flexibility index (Phi) is 10.9. The third-order valence-electron chi connectivity index (χ3n) is 1.01. The zero-order valence-electron chi connectivity index (χ0n) is 6.49. The minimum absolute atomic E-state index is 0. The highest BCUT2D eigenvalue weighted by Crippen LogP contribution is 1.92. The number of hydrogen-bond acceptors (Lipinski definition) is 3. The predicted molar refractivity (Wildman–Crippen MR) is 46.6 cm³/mol. The summed E-state index contributed by atoms with van der Waals surface area (Å²) in [5.41, 5.74) is 7.88. The third-order valence-corrected chi connectivity index (χ3v) is 1.01. The van der Waals surface area contributed by atoms with Crippen LogP contribution in [-0.4, -0.2) is 19.1 Å². The van der Waals surface area contributed by atoms with Crippen molar-refractivity contribution in [3.63, 3.8) is 0 Å². The average Bonchev–Trinajstić information content (AvgIpc) is 1.99. The lowest BCUT2D eigenvalue weighted by molar-refractivity contribution is -0.143. The normalized spacial score (nSPS) is 7.75. The Labute approximate surface area is 72.3 Å². The van der Waals surface area contributed by atoms with E-state index in [4.69, 9.17) is 5.53 Å². The number of ether oxygens (including phenoxy) is 1. The van der Waals surface area contributed by atoms with Gasteiger partial charge in [0.25, 0.3) is 0 Å². The first-order chi connectivity index (χ1) is 5.31. The molecule has 5 heteroatoms. The topological polar surface area (TPSA) is 75.1 Å². The van der Waals surface area contributed by atoms with Crippen molar-refractivity contribution >= 4 is 5.97 Å². The van der Waals surface area contributed by atoms with E-state index in [-0.39, 0.29) is 13.4 Å². The summed E-state index contributed by atoms with van der Waals surface area (Å²) in [6.45, 7) is 2.51. The number of hydrogen-bond donors (Lipinski definition) is 0. The molecule has 0 amide bonds. The Hall–Kier alpha value is -1.22. The first-order valence-corrected chi connectivity index (χ1v) is 3.47. The van der Waals surface area contributed by atoms with E-state index < -0.39 is 0 Å². The van der Waals surface area contributed by atoms with Crippen molar-refractivity contribution in [2.75, 3.05) is 13.2 Å². The Bertz CT molecular complexity index is 164. The summed E-state index contributed by atoms with van der Waals surface area (Å²) in [7, 11) is 0. The molecule has 70 valence electrons. The molecule has 0 fully saturated rings. The van der Waals surface area contributed by atoms with Gasteiger partial charge in [0.2, 0.25) is 0 Å². The van der Waals surface area contributed by atoms with Gasteiger partial charge in [-0.15, -0.1) is 0 Å². The lowest BCUT2D eigenvalue weighted by atomic mass is 10.3. The van der Waals surface area contributed by atoms with Crippen LogP contribution < -0.4 is 0 Å². The molecule has 0 saturated heterocycles. The Morgan fingerprint density at radius 3 is 2.83 bits per heavy atom. The molecule has 0 aromatic rings. The summed E-state index contributed by atoms with van der Waals surface area (Å²) in [5.74, 6) is -0.236. The molecule has 0 rings (SSSR count). The summed E-state index contributed by atoms with van der Waals surface area (Å²) >= 11 is 0. The van der Waals surface area contributed by atoms with Gasteiger partial charge in [-0.2, -0.15) is 0 Å². The molecule has 12 heavy (non-hydrogen) atoms. The summed E-state index contributed by atoms with van der Waals surface area (Å²) in [5, 5.41) is 3.28. The lowest BCUT2D eigenvalue weighted by Gasteiger charge is -1.98. The van der Waals surface area contributed by atoms with E-state index >= 15 is 0 Å². The second kappa shape index (κ2) is 9.78. The molecule has 0 bridgehead atoms. The van der Waals surface area contributed by atoms with E-state index in [9.17, 15) is 4.79 Å². The molecule has 0 N–H and O–H groups in total. The van der Waals surface area contributed by atoms with Crippen molar-refractivity contribution in [1.29, 1.82) is 0 Å². The van der Waals surface area contributed by atoms with Crippen LogP contribution in [0.25, 0.3) is 10.4 Å². The maximum absolute atomic E-state index is 10.6. The number of carbonyl (C=O) groups is 1. The van der Waals surface area contributed by atoms with Crippen LogP contribution in [0.1, 0.15) is 27.2 Å². The van der Waals surface area contributed by atoms with Crippen LogP contribution in [0.5, 0.6) is 0 Å². The molecular formula is C7H15N3O2. The summed E-state index contributed by atoms with van der Waals surface area (Å²) in [4.78, 5) is 13.2. The number of esters is 1. The van der Waals surface area contributed by atoms with Gasteiger partial charge in [-0.1, -0.05) is 12.5 Å². The highest BCUT2D eigenvalue weighted by Gasteiger charge is 1.98. The molecule has 0 spiro atoms. The van der Waals surface area contributed by atoms with Crippen LogP contribution in [0.4, 0.5) is 0 Å². The molecule has 0 aromatic carbocycles. The molecule has 0 radical (unpaired) electrons. The molecule has 0 unspecified atom stereocenters. The minimum atomic E-state index is -0.236. The molecule has 0 heterocycles. The molecule has 0 saturated carbocycles. The standard InChI is InChI=1S/C6H11N3O2.CH4/c1-2-11-6(10)4-3-5-8-9-7;/h2-5H2,1H3;1H4. The molecular weight excluding hydrogens is 158 g/mol. The Morgan fingerprint density at radius 1 is 1.67 bits per heavy atom. The fourth-order valence-electron chi connectivity index (χ4n) is 0.572. The highest BCUT2D eigenvalue weighted by molar-refractivity contribution is 5.69. The van der Waals surface area contributed by atoms with Gasteiger partial charge in [0, 0.05) is 17.9 Å². The quantitative estimate of drug-likeness (QED) is 0.210. The van der Waals surface area contributed by atoms with Crippen molar-refractivity contribution in [3.8, 4) is 0 Å². The van der Waals surface area contributed by atoms with Crippen LogP contribution >= 0.6 is 0 Å². The Balaban J connectivity index is 0. The van der Waals surface area contributed by atoms with E-state index in [0.29, 0.717) is 26.0 Å². The third kappa shape index (κ3) is 8.78. The zero-order chi connectivity index (χ0) is 8.53. The van der Waals surface area contributed by atoms with Crippen molar-refractivity contribution < 1.29 is 9.53 Å². The van der Waals surface area contributed by atoms with Crippen molar-refractivity contribution in [3.05, 3.63) is 10.4 Å². The van der Waals surface area contributed by atoms with Crippen LogP contribution in [0, 0.1) is 0 Å². The van der Waals surface area contributed by atoms with Gasteiger partial charge in [-0.3, -0.25) is 4.79 Å². The molecule has 0 aliphatic heterocycles. The highest BCUT2D eigenvalue weighted by atomic mass is 16.5. The zero-order valence-corrected chi connectivity index (χ0v) is 6.49. The van der Waals surface area contributed by atoms with Gasteiger partial charge in [0.05, 0.1) is 6.61 Å². The van der Waals surface area contributed by atoms with Crippen molar-refractivity contribution in [2.24, 2.45) is 5.11 Å². The van der Waals surface area contributed by atoms with Crippen molar-refractivity contribution in [2.45, 2.75) is 27.2 Å². The molecule has 5 nitrogen and oxygen atoms in total. The monoisotopic (exact) mass is 173 g/mol. The second-order valence-corrected chi connectivity index (χ2v) is 1.86. The van der Waals surface area contributed by atoms with E-state index in [1.807, 2.05) is 0 Å². The van der Waals surface area contributed by atoms with Crippen LogP contribution in [0.2, 0.25) is 0 Å². The fraction of sp³-hybridized carbons (Fsp3) is 0.857. The number of azide groups is 1. The molecule has 0 aliphatic carbocycles. The van der Waals surface area contributed by atoms with E-state index in [1.54, 1.807) is 6.92 Å². The minimum Gasteiger partial charge on any atom is -0.466 e. The van der Waals surface area contributed by atoms with Gasteiger partial charge >= 0.3 is 5.97 Å². The first-order valence-electron chi connectivity index (χ1n) is 3.47. The van der Waals surface area contributed by atoms with Crippen LogP contribution in [-0.2, 0) is 9.53 Å². The summed E-state index contributed by atoms with van der Waals surface area (Å²) in [6.07, 6.45) is 0.885. The van der Waals surface area contributed by atoms with Crippen LogP contribution in [0.3, 0.4) is 0 Å². The maximum Gasteiger partial charge on any atom is 0.305 e.